The van der Waals surface area contributed by atoms with Crippen LogP contribution in [-0.2, 0) is 14.3 Å². The Morgan fingerprint density at radius 1 is 1.19 bits per heavy atom. The summed E-state index contributed by atoms with van der Waals surface area (Å²) in [5.41, 5.74) is 0.654. The second-order valence-electron chi connectivity index (χ2n) is 6.53. The first-order valence-corrected chi connectivity index (χ1v) is 7.09. The summed E-state index contributed by atoms with van der Waals surface area (Å²) in [5.74, 6) is -0.914. The van der Waals surface area contributed by atoms with Gasteiger partial charge in [-0.25, -0.2) is 4.39 Å². The van der Waals surface area contributed by atoms with Crippen LogP contribution in [0.4, 0.5) is 4.39 Å². The Hall–Kier alpha value is -1.97. The molecule has 0 bridgehead atoms. The van der Waals surface area contributed by atoms with Gasteiger partial charge in [0.05, 0.1) is 6.42 Å². The third-order valence-electron chi connectivity index (χ3n) is 4.12. The molecule has 0 saturated heterocycles. The van der Waals surface area contributed by atoms with Crippen LogP contribution in [0.1, 0.15) is 44.6 Å². The van der Waals surface area contributed by atoms with Crippen LogP contribution >= 0.6 is 0 Å². The smallest absolute Gasteiger partial charge is 0.311 e. The van der Waals surface area contributed by atoms with E-state index in [1.54, 1.807) is 18.2 Å². The highest BCUT2D eigenvalue weighted by Gasteiger charge is 2.42. The number of carbonyl (C=O) groups excluding carboxylic acids is 2. The number of esters is 1. The van der Waals surface area contributed by atoms with Gasteiger partial charge >= 0.3 is 5.97 Å². The first kappa shape index (κ1) is 14.0. The second kappa shape index (κ2) is 4.79. The number of ether oxygens (including phenoxy) is 1. The minimum atomic E-state index is -0.522. The van der Waals surface area contributed by atoms with Gasteiger partial charge in [0.2, 0.25) is 0 Å². The van der Waals surface area contributed by atoms with Gasteiger partial charge < -0.3 is 4.74 Å². The number of carbonyl (C=O) groups is 2. The van der Waals surface area contributed by atoms with Crippen molar-refractivity contribution < 1.29 is 18.7 Å². The highest BCUT2D eigenvalue weighted by atomic mass is 19.1. The molecule has 0 aromatic heterocycles. The lowest BCUT2D eigenvalue weighted by Gasteiger charge is -2.36. The lowest BCUT2D eigenvalue weighted by atomic mass is 9.71. The Kier molecular flexibility index (Phi) is 3.19. The van der Waals surface area contributed by atoms with Crippen molar-refractivity contribution in [2.75, 3.05) is 0 Å². The third-order valence-corrected chi connectivity index (χ3v) is 4.12. The van der Waals surface area contributed by atoms with Crippen LogP contribution in [0.5, 0.6) is 0 Å². The monoisotopic (exact) mass is 288 g/mol. The van der Waals surface area contributed by atoms with Crippen LogP contribution < -0.4 is 0 Å². The molecular formula is C17H17FO3. The van der Waals surface area contributed by atoms with Crippen LogP contribution in [0.25, 0.3) is 0 Å². The van der Waals surface area contributed by atoms with Crippen molar-refractivity contribution in [3.05, 3.63) is 47.0 Å². The number of allylic oxidation sites excluding steroid dienone is 2. The largest absolute Gasteiger partial charge is 0.431 e. The number of halogens is 1. The fourth-order valence-corrected chi connectivity index (χ4v) is 3.23. The molecule has 4 heteroatoms. The summed E-state index contributed by atoms with van der Waals surface area (Å²) in [6.45, 7) is 3.93. The van der Waals surface area contributed by atoms with E-state index in [1.165, 1.54) is 6.07 Å². The number of ketones is 1. The highest BCUT2D eigenvalue weighted by Crippen LogP contribution is 2.46. The van der Waals surface area contributed by atoms with E-state index in [9.17, 15) is 14.0 Å². The summed E-state index contributed by atoms with van der Waals surface area (Å²) >= 11 is 0. The van der Waals surface area contributed by atoms with Gasteiger partial charge in [-0.1, -0.05) is 32.0 Å². The molecule has 0 fully saturated rings. The Morgan fingerprint density at radius 3 is 2.62 bits per heavy atom. The van der Waals surface area contributed by atoms with Crippen molar-refractivity contribution in [2.24, 2.45) is 5.41 Å². The van der Waals surface area contributed by atoms with Crippen molar-refractivity contribution >= 4 is 11.8 Å². The van der Waals surface area contributed by atoms with Crippen LogP contribution in [0.15, 0.2) is 35.6 Å². The molecule has 1 aromatic rings. The van der Waals surface area contributed by atoms with E-state index < -0.39 is 11.9 Å². The van der Waals surface area contributed by atoms with Gasteiger partial charge in [0.15, 0.2) is 5.78 Å². The van der Waals surface area contributed by atoms with Gasteiger partial charge in [0.25, 0.3) is 0 Å². The average Bonchev–Trinajstić information content (AvgIpc) is 2.36. The lowest BCUT2D eigenvalue weighted by Crippen LogP contribution is -2.34. The van der Waals surface area contributed by atoms with Crippen molar-refractivity contribution in [3.63, 3.8) is 0 Å². The van der Waals surface area contributed by atoms with Crippen molar-refractivity contribution in [3.8, 4) is 0 Å². The molecule has 1 atom stereocenters. The normalized spacial score (nSPS) is 24.6. The lowest BCUT2D eigenvalue weighted by molar-refractivity contribution is -0.142. The van der Waals surface area contributed by atoms with Gasteiger partial charge in [0, 0.05) is 24.3 Å². The molecular weight excluding hydrogens is 271 g/mol. The third kappa shape index (κ3) is 2.50. The maximum absolute atomic E-state index is 14.1. The number of hydrogen-bond acceptors (Lipinski definition) is 3. The molecule has 0 amide bonds. The van der Waals surface area contributed by atoms with Gasteiger partial charge in [-0.2, -0.15) is 0 Å². The van der Waals surface area contributed by atoms with E-state index in [0.717, 1.165) is 0 Å². The highest BCUT2D eigenvalue weighted by molar-refractivity contribution is 6.00. The first-order valence-electron chi connectivity index (χ1n) is 7.09. The summed E-state index contributed by atoms with van der Waals surface area (Å²) < 4.78 is 19.3. The van der Waals surface area contributed by atoms with Crippen molar-refractivity contribution in [1.82, 2.24) is 0 Å². The van der Waals surface area contributed by atoms with E-state index in [4.69, 9.17) is 4.74 Å². The van der Waals surface area contributed by atoms with Gasteiger partial charge in [-0.3, -0.25) is 9.59 Å². The predicted octanol–water partition coefficient (Wildman–Crippen LogP) is 3.50. The van der Waals surface area contributed by atoms with Crippen LogP contribution in [0, 0.1) is 11.2 Å². The van der Waals surface area contributed by atoms with E-state index in [-0.39, 0.29) is 23.4 Å². The molecule has 1 aliphatic carbocycles. The van der Waals surface area contributed by atoms with Crippen molar-refractivity contribution in [2.45, 2.75) is 39.0 Å². The van der Waals surface area contributed by atoms with E-state index in [1.807, 2.05) is 13.8 Å². The number of Topliss-reactive ketones (excluding diaryl/α,β-unsaturated/α-hetero) is 1. The van der Waals surface area contributed by atoms with Crippen LogP contribution in [-0.4, -0.2) is 11.8 Å². The average molecular weight is 288 g/mol. The maximum Gasteiger partial charge on any atom is 0.311 e. The molecule has 110 valence electrons. The fourth-order valence-electron chi connectivity index (χ4n) is 3.23. The molecule has 3 rings (SSSR count). The second-order valence-corrected chi connectivity index (χ2v) is 6.53. The number of hydrogen-bond donors (Lipinski definition) is 0. The van der Waals surface area contributed by atoms with Gasteiger partial charge in [-0.15, -0.1) is 0 Å². The zero-order valence-electron chi connectivity index (χ0n) is 12.1. The quantitative estimate of drug-likeness (QED) is 0.743. The fraction of sp³-hybridized carbons (Fsp3) is 0.412. The standard InChI is InChI=1S/C17H17FO3/c1-17(2)8-13(19)16-11(7-15(20)21-14(16)9-17)10-5-3-4-6-12(10)18/h3-6,11H,7-9H2,1-2H3/t11-/m1/s1. The molecule has 1 aliphatic heterocycles. The van der Waals surface area contributed by atoms with E-state index >= 15 is 0 Å². The predicted molar refractivity (Wildman–Crippen MR) is 74.9 cm³/mol. The summed E-state index contributed by atoms with van der Waals surface area (Å²) in [5, 5.41) is 0. The minimum absolute atomic E-state index is 0.0198. The van der Waals surface area contributed by atoms with Crippen LogP contribution in [0.2, 0.25) is 0 Å². The molecule has 0 unspecified atom stereocenters. The Labute approximate surface area is 122 Å². The Morgan fingerprint density at radius 2 is 1.90 bits per heavy atom. The number of rotatable bonds is 1. The molecule has 0 saturated carbocycles. The Balaban J connectivity index is 2.11. The van der Waals surface area contributed by atoms with E-state index in [2.05, 4.69) is 0 Å². The maximum atomic E-state index is 14.1. The minimum Gasteiger partial charge on any atom is -0.431 e. The molecule has 1 heterocycles. The van der Waals surface area contributed by atoms with Crippen molar-refractivity contribution in [1.29, 1.82) is 0 Å². The van der Waals surface area contributed by atoms with Crippen LogP contribution in [0.3, 0.4) is 0 Å². The first-order chi connectivity index (χ1) is 9.87. The number of benzene rings is 1. The van der Waals surface area contributed by atoms with Gasteiger partial charge in [0.1, 0.15) is 11.6 Å². The summed E-state index contributed by atoms with van der Waals surface area (Å²) in [6, 6.07) is 6.31. The zero-order chi connectivity index (χ0) is 15.2. The molecule has 0 N–H and O–H groups in total. The summed E-state index contributed by atoms with van der Waals surface area (Å²) in [4.78, 5) is 24.3. The molecule has 0 radical (unpaired) electrons. The molecule has 3 nitrogen and oxygen atoms in total. The van der Waals surface area contributed by atoms with Gasteiger partial charge in [-0.05, 0) is 17.0 Å². The van der Waals surface area contributed by atoms with E-state index in [0.29, 0.717) is 29.7 Å². The Bertz CT molecular complexity index is 658. The molecule has 21 heavy (non-hydrogen) atoms. The summed E-state index contributed by atoms with van der Waals surface area (Å²) in [7, 11) is 0. The topological polar surface area (TPSA) is 43.4 Å². The molecule has 0 spiro atoms. The molecule has 1 aromatic carbocycles. The zero-order valence-corrected chi connectivity index (χ0v) is 12.1. The molecule has 2 aliphatic rings. The SMILES string of the molecule is CC1(C)CC(=O)C2=C(C1)OC(=O)C[C@@H]2c1ccccc1F. The summed E-state index contributed by atoms with van der Waals surface area (Å²) in [6.07, 6.45) is 0.949.